The summed E-state index contributed by atoms with van der Waals surface area (Å²) < 4.78 is 37.7. The van der Waals surface area contributed by atoms with Crippen LogP contribution in [0.1, 0.15) is 20.8 Å². The van der Waals surface area contributed by atoms with Crippen molar-refractivity contribution < 1.29 is 28.1 Å². The normalized spacial score (nSPS) is 21.3. The maximum atomic E-state index is 7.20. The molecule has 0 unspecified atom stereocenters. The van der Waals surface area contributed by atoms with Gasteiger partial charge in [-0.05, 0) is 78.8 Å². The molecule has 0 N–H and O–H groups in total. The van der Waals surface area contributed by atoms with Crippen LogP contribution in [0.25, 0.3) is 0 Å². The van der Waals surface area contributed by atoms with Crippen LogP contribution in [0.3, 0.4) is 0 Å². The summed E-state index contributed by atoms with van der Waals surface area (Å²) in [5.41, 5.74) is -0.285. The van der Waals surface area contributed by atoms with Crippen LogP contribution in [0.5, 0.6) is 23.0 Å². The van der Waals surface area contributed by atoms with Gasteiger partial charge in [0.05, 0.1) is 20.8 Å². The minimum atomic E-state index is -2.04. The third kappa shape index (κ3) is 7.51. The second-order valence-electron chi connectivity index (χ2n) is 9.55. The molecule has 8 heteroatoms. The molecule has 6 nitrogen and oxygen atoms in total. The van der Waals surface area contributed by atoms with Gasteiger partial charge in [0, 0.05) is 4.90 Å². The highest BCUT2D eigenvalue weighted by Crippen LogP contribution is 2.38. The molecule has 4 atom stereocenters. The average Bonchev–Trinajstić information content (AvgIpc) is 2.99. The second-order valence-corrected chi connectivity index (χ2v) is 15.4. The van der Waals surface area contributed by atoms with Gasteiger partial charge in [0.15, 0.2) is 20.5 Å². The fraction of sp³-hybridized carbons (Fsp3) is 0.419. The van der Waals surface area contributed by atoms with E-state index < -0.39 is 14.4 Å². The lowest BCUT2D eigenvalue weighted by molar-refractivity contribution is -0.139. The second kappa shape index (κ2) is 14.1. The molecule has 0 spiro atoms. The van der Waals surface area contributed by atoms with Gasteiger partial charge in [-0.2, -0.15) is 0 Å². The Kier molecular flexibility index (Phi) is 10.6. The van der Waals surface area contributed by atoms with E-state index in [1.54, 1.807) is 26.0 Å². The van der Waals surface area contributed by atoms with Gasteiger partial charge in [0.2, 0.25) is 0 Å². The minimum absolute atomic E-state index is 0.285. The Hall–Kier alpha value is -2.65. The molecule has 3 aromatic rings. The summed E-state index contributed by atoms with van der Waals surface area (Å²) in [6, 6.07) is 28.7. The first-order valence-corrected chi connectivity index (χ1v) is 17.1. The lowest BCUT2D eigenvalue weighted by Gasteiger charge is -2.45. The highest BCUT2D eigenvalue weighted by molar-refractivity contribution is 7.99. The molecule has 1 fully saturated rings. The first-order chi connectivity index (χ1) is 19.0. The van der Waals surface area contributed by atoms with Gasteiger partial charge < -0.3 is 28.1 Å². The minimum Gasteiger partial charge on any atom is -0.497 e. The van der Waals surface area contributed by atoms with Gasteiger partial charge in [-0.3, -0.25) is 0 Å². The molecule has 39 heavy (non-hydrogen) atoms. The third-order valence-corrected chi connectivity index (χ3v) is 13.2. The van der Waals surface area contributed by atoms with Crippen molar-refractivity contribution in [2.45, 2.75) is 67.5 Å². The van der Waals surface area contributed by atoms with E-state index in [1.807, 2.05) is 66.7 Å². The average molecular weight is 569 g/mol. The van der Waals surface area contributed by atoms with Gasteiger partial charge >= 0.3 is 0 Å². The first-order valence-electron chi connectivity index (χ1n) is 13.7. The monoisotopic (exact) mass is 568 g/mol. The summed E-state index contributed by atoms with van der Waals surface area (Å²) in [7, 11) is 1.28. The Morgan fingerprint density at radius 2 is 1.21 bits per heavy atom. The van der Waals surface area contributed by atoms with Gasteiger partial charge in [0.1, 0.15) is 34.5 Å². The van der Waals surface area contributed by atoms with Gasteiger partial charge in [0.25, 0.3) is 0 Å². The van der Waals surface area contributed by atoms with Crippen LogP contribution in [0.15, 0.2) is 83.8 Å². The molecular weight excluding hydrogens is 528 g/mol. The zero-order valence-electron chi connectivity index (χ0n) is 23.5. The van der Waals surface area contributed by atoms with Crippen LogP contribution in [0.4, 0.5) is 0 Å². The van der Waals surface area contributed by atoms with E-state index in [1.165, 1.54) is 0 Å². The molecule has 0 amide bonds. The van der Waals surface area contributed by atoms with Crippen LogP contribution < -0.4 is 18.9 Å². The van der Waals surface area contributed by atoms with E-state index >= 15 is 0 Å². The summed E-state index contributed by atoms with van der Waals surface area (Å²) in [5.74, 6) is 3.04. The number of ether oxygens (including phenoxy) is 5. The summed E-state index contributed by atoms with van der Waals surface area (Å²) in [5, 5.41) is 0. The van der Waals surface area contributed by atoms with Crippen molar-refractivity contribution in [2.75, 3.05) is 20.8 Å². The van der Waals surface area contributed by atoms with Crippen molar-refractivity contribution in [1.29, 1.82) is 0 Å². The molecule has 3 aromatic carbocycles. The van der Waals surface area contributed by atoms with Crippen LogP contribution in [-0.4, -0.2) is 52.9 Å². The topological polar surface area (TPSA) is 55.4 Å². The van der Waals surface area contributed by atoms with Crippen LogP contribution in [0, 0.1) is 0 Å². The molecule has 0 radical (unpaired) electrons. The summed E-state index contributed by atoms with van der Waals surface area (Å²) in [6.07, 6.45) is -1.07. The Morgan fingerprint density at radius 3 is 1.72 bits per heavy atom. The van der Waals surface area contributed by atoms with Gasteiger partial charge in [-0.25, -0.2) is 0 Å². The van der Waals surface area contributed by atoms with Gasteiger partial charge in [-0.15, -0.1) is 0 Å². The van der Waals surface area contributed by atoms with Crippen LogP contribution in [-0.2, 0) is 9.16 Å². The number of hydrogen-bond acceptors (Lipinski definition) is 7. The van der Waals surface area contributed by atoms with E-state index in [4.69, 9.17) is 28.1 Å². The molecule has 1 aliphatic rings. The van der Waals surface area contributed by atoms with Gasteiger partial charge in [-0.1, -0.05) is 50.7 Å². The molecule has 0 aromatic heterocycles. The SMILES string of the molecule is CC[Si](CC)(CC)O[C@@H]1[C@@H](Oc2ccc(OC)cc2)[C@H](Sc2ccccc2)OC[C@H]1Oc1ccc(OC)cc1. The molecular formula is C31H40O6SSi. The Labute approximate surface area is 238 Å². The number of hydrogen-bond donors (Lipinski definition) is 0. The molecule has 4 rings (SSSR count). The summed E-state index contributed by atoms with van der Waals surface area (Å²) in [6.45, 7) is 7.12. The van der Waals surface area contributed by atoms with Crippen molar-refractivity contribution >= 4 is 20.1 Å². The lowest BCUT2D eigenvalue weighted by atomic mass is 10.1. The maximum absolute atomic E-state index is 7.20. The standard InChI is InChI=1S/C31H40O6SSi/c1-6-39(7-2,8-3)37-29-28(35-25-18-14-23(32-4)15-19-25)22-34-31(38-27-12-10-9-11-13-27)30(29)36-26-20-16-24(33-5)17-21-26/h9-21,28-31H,6-8,22H2,1-5H3/t28-,29+,30-,31+/m1/s1. The van der Waals surface area contributed by atoms with Crippen LogP contribution >= 0.6 is 11.8 Å². The van der Waals surface area contributed by atoms with Crippen LogP contribution in [0.2, 0.25) is 18.1 Å². The van der Waals surface area contributed by atoms with Crippen molar-refractivity contribution in [1.82, 2.24) is 0 Å². The van der Waals surface area contributed by atoms with E-state index in [0.717, 1.165) is 46.0 Å². The number of rotatable bonds is 13. The van der Waals surface area contributed by atoms with E-state index in [-0.39, 0.29) is 17.6 Å². The zero-order chi connectivity index (χ0) is 27.7. The highest BCUT2D eigenvalue weighted by Gasteiger charge is 2.48. The van der Waals surface area contributed by atoms with E-state index in [9.17, 15) is 0 Å². The van der Waals surface area contributed by atoms with Crippen molar-refractivity contribution in [3.8, 4) is 23.0 Å². The molecule has 0 bridgehead atoms. The quantitative estimate of drug-likeness (QED) is 0.199. The summed E-state index contributed by atoms with van der Waals surface area (Å²) >= 11 is 1.66. The fourth-order valence-corrected chi connectivity index (χ4v) is 8.71. The molecule has 1 heterocycles. The first kappa shape index (κ1) is 29.3. The Bertz CT molecular complexity index is 1120. The largest absolute Gasteiger partial charge is 0.497 e. The lowest BCUT2D eigenvalue weighted by Crippen LogP contribution is -2.60. The fourth-order valence-electron chi connectivity index (χ4n) is 4.78. The molecule has 210 valence electrons. The number of methoxy groups -OCH3 is 2. The molecule has 0 aliphatic carbocycles. The number of thioether (sulfide) groups is 1. The molecule has 1 aliphatic heterocycles. The zero-order valence-corrected chi connectivity index (χ0v) is 25.3. The predicted molar refractivity (Wildman–Crippen MR) is 159 cm³/mol. The van der Waals surface area contributed by atoms with E-state index in [0.29, 0.717) is 6.61 Å². The van der Waals surface area contributed by atoms with Crippen molar-refractivity contribution in [2.24, 2.45) is 0 Å². The summed E-state index contributed by atoms with van der Waals surface area (Å²) in [4.78, 5) is 1.11. The highest BCUT2D eigenvalue weighted by atomic mass is 32.2. The maximum Gasteiger partial charge on any atom is 0.192 e. The van der Waals surface area contributed by atoms with E-state index in [2.05, 4.69) is 32.9 Å². The molecule has 1 saturated heterocycles. The Morgan fingerprint density at radius 1 is 0.692 bits per heavy atom. The third-order valence-electron chi connectivity index (χ3n) is 7.38. The van der Waals surface area contributed by atoms with Crippen molar-refractivity contribution in [3.63, 3.8) is 0 Å². The predicted octanol–water partition coefficient (Wildman–Crippen LogP) is 7.44. The Balaban J connectivity index is 1.69. The smallest absolute Gasteiger partial charge is 0.192 e. The number of benzene rings is 3. The van der Waals surface area contributed by atoms with Crippen molar-refractivity contribution in [3.05, 3.63) is 78.9 Å². The molecule has 0 saturated carbocycles.